The fraction of sp³-hybridized carbons (Fsp3) is 0.800. The van der Waals surface area contributed by atoms with Gasteiger partial charge >= 0.3 is 0 Å². The third-order valence-electron chi connectivity index (χ3n) is 4.22. The molecule has 0 radical (unpaired) electrons. The van der Waals surface area contributed by atoms with Crippen LogP contribution in [-0.4, -0.2) is 37.0 Å². The molecule has 18 heavy (non-hydrogen) atoms. The topological polar surface area (TPSA) is 32.3 Å². The van der Waals surface area contributed by atoms with Crippen LogP contribution in [0.5, 0.6) is 0 Å². The average molecular weight is 250 g/mol. The zero-order valence-electron chi connectivity index (χ0n) is 11.5. The fourth-order valence-corrected chi connectivity index (χ4v) is 3.00. The lowest BCUT2D eigenvalue weighted by Crippen LogP contribution is -2.39. The van der Waals surface area contributed by atoms with Crippen LogP contribution in [0.1, 0.15) is 39.0 Å². The number of allylic oxidation sites excluding steroid dienone is 2. The smallest absolute Gasteiger partial charge is 0.223 e. The summed E-state index contributed by atoms with van der Waals surface area (Å²) < 4.78 is 0. The maximum atomic E-state index is 12.3. The second kappa shape index (κ2) is 6.93. The van der Waals surface area contributed by atoms with E-state index in [1.807, 2.05) is 0 Å². The van der Waals surface area contributed by atoms with E-state index in [1.54, 1.807) is 0 Å². The number of carbonyl (C=O) groups is 1. The van der Waals surface area contributed by atoms with Gasteiger partial charge in [-0.05, 0) is 57.5 Å². The van der Waals surface area contributed by atoms with E-state index >= 15 is 0 Å². The minimum absolute atomic E-state index is 0.354. The van der Waals surface area contributed by atoms with Crippen LogP contribution in [0, 0.1) is 11.8 Å². The maximum Gasteiger partial charge on any atom is 0.223 e. The molecule has 1 aliphatic heterocycles. The Labute approximate surface area is 111 Å². The zero-order valence-corrected chi connectivity index (χ0v) is 11.5. The van der Waals surface area contributed by atoms with Crippen molar-refractivity contribution >= 4 is 5.91 Å². The Hall–Kier alpha value is -0.830. The summed E-state index contributed by atoms with van der Waals surface area (Å²) in [6.07, 6.45) is 9.89. The number of hydrogen-bond acceptors (Lipinski definition) is 2. The predicted octanol–water partition coefficient (Wildman–Crippen LogP) is 2.19. The van der Waals surface area contributed by atoms with Gasteiger partial charge in [0.15, 0.2) is 0 Å². The Morgan fingerprint density at radius 2 is 2.11 bits per heavy atom. The Balaban J connectivity index is 1.78. The molecule has 0 aromatic rings. The predicted molar refractivity (Wildman–Crippen MR) is 74.3 cm³/mol. The summed E-state index contributed by atoms with van der Waals surface area (Å²) in [5.41, 5.74) is 0. The molecule has 1 fully saturated rings. The van der Waals surface area contributed by atoms with E-state index in [9.17, 15) is 4.79 Å². The molecule has 1 heterocycles. The molecule has 0 spiro atoms. The first kappa shape index (κ1) is 13.6. The second-order valence-electron chi connectivity index (χ2n) is 5.60. The summed E-state index contributed by atoms with van der Waals surface area (Å²) in [4.78, 5) is 14.4. The van der Waals surface area contributed by atoms with Gasteiger partial charge in [0.05, 0.1) is 0 Å². The number of hydrogen-bond donors (Lipinski definition) is 1. The van der Waals surface area contributed by atoms with E-state index in [1.165, 1.54) is 12.8 Å². The summed E-state index contributed by atoms with van der Waals surface area (Å²) in [7, 11) is 0. The molecular weight excluding hydrogens is 224 g/mol. The van der Waals surface area contributed by atoms with Gasteiger partial charge in [-0.3, -0.25) is 4.79 Å². The third-order valence-corrected chi connectivity index (χ3v) is 4.22. The van der Waals surface area contributed by atoms with E-state index in [2.05, 4.69) is 29.3 Å². The number of nitrogens with one attached hydrogen (secondary N) is 1. The highest BCUT2D eigenvalue weighted by molar-refractivity contribution is 5.76. The summed E-state index contributed by atoms with van der Waals surface area (Å²) in [5, 5.41) is 3.38. The lowest BCUT2D eigenvalue weighted by molar-refractivity contribution is -0.132. The van der Waals surface area contributed by atoms with Crippen molar-refractivity contribution in [3.63, 3.8) is 0 Å². The lowest BCUT2D eigenvalue weighted by Gasteiger charge is -2.30. The van der Waals surface area contributed by atoms with Crippen molar-refractivity contribution in [1.29, 1.82) is 0 Å². The highest BCUT2D eigenvalue weighted by Gasteiger charge is 2.22. The first-order valence-electron chi connectivity index (χ1n) is 7.44. The van der Waals surface area contributed by atoms with E-state index in [-0.39, 0.29) is 0 Å². The van der Waals surface area contributed by atoms with E-state index in [4.69, 9.17) is 0 Å². The van der Waals surface area contributed by atoms with Gasteiger partial charge in [0.25, 0.3) is 0 Å². The van der Waals surface area contributed by atoms with Gasteiger partial charge in [-0.15, -0.1) is 0 Å². The standard InChI is InChI=1S/C15H26N2O/c1-2-17(12-14-7-9-16-10-8-14)15(18)11-13-5-3-4-6-13/h3,5,13-14,16H,2,4,6-12H2,1H3. The van der Waals surface area contributed by atoms with E-state index in [0.29, 0.717) is 17.7 Å². The van der Waals surface area contributed by atoms with Gasteiger partial charge in [-0.2, -0.15) is 0 Å². The van der Waals surface area contributed by atoms with E-state index in [0.717, 1.165) is 45.4 Å². The van der Waals surface area contributed by atoms with Gasteiger partial charge in [0, 0.05) is 19.5 Å². The van der Waals surface area contributed by atoms with Crippen molar-refractivity contribution in [3.8, 4) is 0 Å². The first-order chi connectivity index (χ1) is 8.79. The van der Waals surface area contributed by atoms with Crippen molar-refractivity contribution < 1.29 is 4.79 Å². The molecule has 0 aromatic heterocycles. The molecule has 1 amide bonds. The number of amides is 1. The Kier molecular flexibility index (Phi) is 5.24. The van der Waals surface area contributed by atoms with Gasteiger partial charge in [0.1, 0.15) is 0 Å². The van der Waals surface area contributed by atoms with Crippen molar-refractivity contribution in [2.45, 2.75) is 39.0 Å². The molecule has 3 heteroatoms. The monoisotopic (exact) mass is 250 g/mol. The van der Waals surface area contributed by atoms with Crippen LogP contribution in [0.2, 0.25) is 0 Å². The first-order valence-corrected chi connectivity index (χ1v) is 7.44. The molecule has 1 N–H and O–H groups in total. The Bertz CT molecular complexity index is 295. The summed E-state index contributed by atoms with van der Waals surface area (Å²) in [5.74, 6) is 1.56. The SMILES string of the molecule is CCN(CC1CCNCC1)C(=O)CC1C=CCC1. The van der Waals surface area contributed by atoms with Gasteiger partial charge in [-0.1, -0.05) is 12.2 Å². The second-order valence-corrected chi connectivity index (χ2v) is 5.60. The van der Waals surface area contributed by atoms with Gasteiger partial charge in [0.2, 0.25) is 5.91 Å². The van der Waals surface area contributed by atoms with Gasteiger partial charge in [-0.25, -0.2) is 0 Å². The summed E-state index contributed by atoms with van der Waals surface area (Å²) in [6, 6.07) is 0. The summed E-state index contributed by atoms with van der Waals surface area (Å²) >= 11 is 0. The van der Waals surface area contributed by atoms with Crippen LogP contribution in [-0.2, 0) is 4.79 Å². The van der Waals surface area contributed by atoms with Crippen molar-refractivity contribution in [2.24, 2.45) is 11.8 Å². The van der Waals surface area contributed by atoms with Crippen LogP contribution in [0.15, 0.2) is 12.2 Å². The van der Waals surface area contributed by atoms with Crippen LogP contribution in [0.4, 0.5) is 0 Å². The third kappa shape index (κ3) is 3.84. The molecule has 0 saturated carbocycles. The molecule has 0 bridgehead atoms. The quantitative estimate of drug-likeness (QED) is 0.759. The molecule has 102 valence electrons. The van der Waals surface area contributed by atoms with Crippen LogP contribution in [0.25, 0.3) is 0 Å². The number of piperidine rings is 1. The minimum Gasteiger partial charge on any atom is -0.343 e. The summed E-state index contributed by atoms with van der Waals surface area (Å²) in [6.45, 7) is 6.15. The van der Waals surface area contributed by atoms with Crippen LogP contribution < -0.4 is 5.32 Å². The lowest BCUT2D eigenvalue weighted by atomic mass is 9.97. The van der Waals surface area contributed by atoms with Crippen LogP contribution >= 0.6 is 0 Å². The highest BCUT2D eigenvalue weighted by atomic mass is 16.2. The zero-order chi connectivity index (χ0) is 12.8. The maximum absolute atomic E-state index is 12.3. The molecule has 1 unspecified atom stereocenters. The van der Waals surface area contributed by atoms with Crippen LogP contribution in [0.3, 0.4) is 0 Å². The Morgan fingerprint density at radius 3 is 2.72 bits per heavy atom. The molecule has 1 atom stereocenters. The van der Waals surface area contributed by atoms with Crippen molar-refractivity contribution in [3.05, 3.63) is 12.2 Å². The highest BCUT2D eigenvalue weighted by Crippen LogP contribution is 2.22. The van der Waals surface area contributed by atoms with Crippen molar-refractivity contribution in [1.82, 2.24) is 10.2 Å². The molecule has 1 aliphatic carbocycles. The van der Waals surface area contributed by atoms with Gasteiger partial charge < -0.3 is 10.2 Å². The molecular formula is C15H26N2O. The largest absolute Gasteiger partial charge is 0.343 e. The fourth-order valence-electron chi connectivity index (χ4n) is 3.00. The molecule has 3 nitrogen and oxygen atoms in total. The molecule has 0 aromatic carbocycles. The molecule has 2 rings (SSSR count). The number of rotatable bonds is 5. The minimum atomic E-state index is 0.354. The normalized spacial score (nSPS) is 24.4. The van der Waals surface area contributed by atoms with E-state index < -0.39 is 0 Å². The average Bonchev–Trinajstić information content (AvgIpc) is 2.90. The molecule has 1 saturated heterocycles. The number of nitrogens with zero attached hydrogens (tertiary/aromatic N) is 1. The Morgan fingerprint density at radius 1 is 1.33 bits per heavy atom. The number of carbonyl (C=O) groups excluding carboxylic acids is 1. The van der Waals surface area contributed by atoms with Crippen molar-refractivity contribution in [2.75, 3.05) is 26.2 Å². The molecule has 2 aliphatic rings.